The summed E-state index contributed by atoms with van der Waals surface area (Å²) >= 11 is 12.7. The standard InChI is InChI=1S/C31H36Cl2N2O2S/c32-29-14-13-27(23-30(29)33)31(18-8-20-35(24-31)38(36,37)28-11-5-2-6-12-28)17-7-19-34-21-15-26(16-22-34)25-9-3-1-4-10-25/h1-6,9-14,23,26H,7-8,15-22,24H2. The van der Waals surface area contributed by atoms with Gasteiger partial charge in [0.05, 0.1) is 14.9 Å². The maximum atomic E-state index is 13.6. The number of hydrogen-bond donors (Lipinski definition) is 0. The molecular weight excluding hydrogens is 535 g/mol. The van der Waals surface area contributed by atoms with Crippen LogP contribution in [0, 0.1) is 0 Å². The van der Waals surface area contributed by atoms with E-state index in [2.05, 4.69) is 35.2 Å². The molecule has 1 atom stereocenters. The van der Waals surface area contributed by atoms with Gasteiger partial charge in [-0.1, -0.05) is 77.8 Å². The van der Waals surface area contributed by atoms with Gasteiger partial charge in [0, 0.05) is 18.5 Å². The van der Waals surface area contributed by atoms with Gasteiger partial charge >= 0.3 is 0 Å². The third-order valence-corrected chi connectivity index (χ3v) is 11.0. The zero-order chi connectivity index (χ0) is 26.6. The first-order valence-electron chi connectivity index (χ1n) is 13.7. The molecule has 0 aliphatic carbocycles. The van der Waals surface area contributed by atoms with Crippen molar-refractivity contribution < 1.29 is 8.42 Å². The molecule has 0 N–H and O–H groups in total. The Morgan fingerprint density at radius 1 is 0.842 bits per heavy atom. The van der Waals surface area contributed by atoms with Gasteiger partial charge in [-0.25, -0.2) is 8.42 Å². The lowest BCUT2D eigenvalue weighted by molar-refractivity contribution is 0.177. The highest BCUT2D eigenvalue weighted by atomic mass is 35.5. The van der Waals surface area contributed by atoms with Gasteiger partial charge in [0.2, 0.25) is 10.0 Å². The lowest BCUT2D eigenvalue weighted by Crippen LogP contribution is -2.48. The van der Waals surface area contributed by atoms with Crippen LogP contribution in [0.2, 0.25) is 10.0 Å². The average molecular weight is 572 g/mol. The molecule has 0 bridgehead atoms. The second-order valence-electron chi connectivity index (χ2n) is 10.8. The number of halogens is 2. The van der Waals surface area contributed by atoms with Crippen molar-refractivity contribution in [2.45, 2.75) is 54.8 Å². The summed E-state index contributed by atoms with van der Waals surface area (Å²) in [5, 5.41) is 1.05. The maximum Gasteiger partial charge on any atom is 0.243 e. The molecule has 0 aromatic heterocycles. The SMILES string of the molecule is O=S(=O)(c1ccccc1)N1CCCC(CCCN2CCC(c3ccccc3)CC2)(c2ccc(Cl)c(Cl)c2)C1. The van der Waals surface area contributed by atoms with E-state index in [9.17, 15) is 8.42 Å². The van der Waals surface area contributed by atoms with Crippen molar-refractivity contribution in [3.8, 4) is 0 Å². The Bertz CT molecular complexity index is 1310. The first-order valence-corrected chi connectivity index (χ1v) is 15.9. The molecule has 38 heavy (non-hydrogen) atoms. The van der Waals surface area contributed by atoms with Crippen molar-refractivity contribution in [3.05, 3.63) is 100 Å². The minimum Gasteiger partial charge on any atom is -0.303 e. The zero-order valence-corrected chi connectivity index (χ0v) is 24.1. The maximum absolute atomic E-state index is 13.6. The number of likely N-dealkylation sites (tertiary alicyclic amines) is 1. The van der Waals surface area contributed by atoms with E-state index in [0.29, 0.717) is 33.9 Å². The summed E-state index contributed by atoms with van der Waals surface area (Å²) in [6.07, 6.45) is 6.03. The summed E-state index contributed by atoms with van der Waals surface area (Å²) in [5.41, 5.74) is 2.24. The Morgan fingerprint density at radius 3 is 2.21 bits per heavy atom. The first kappa shape index (κ1) is 27.7. The van der Waals surface area contributed by atoms with E-state index in [4.69, 9.17) is 23.2 Å². The predicted octanol–water partition coefficient (Wildman–Crippen LogP) is 7.38. The first-order chi connectivity index (χ1) is 18.4. The lowest BCUT2D eigenvalue weighted by Gasteiger charge is -2.43. The molecule has 2 fully saturated rings. The highest BCUT2D eigenvalue weighted by Crippen LogP contribution is 2.42. The van der Waals surface area contributed by atoms with Gasteiger partial charge in [0.25, 0.3) is 0 Å². The molecular formula is C31H36Cl2N2O2S. The molecule has 2 aliphatic heterocycles. The molecule has 2 saturated heterocycles. The highest BCUT2D eigenvalue weighted by Gasteiger charge is 2.41. The third-order valence-electron chi connectivity index (χ3n) is 8.44. The van der Waals surface area contributed by atoms with Crippen LogP contribution < -0.4 is 0 Å². The quantitative estimate of drug-likeness (QED) is 0.283. The van der Waals surface area contributed by atoms with Crippen LogP contribution in [0.4, 0.5) is 0 Å². The minimum absolute atomic E-state index is 0.295. The fourth-order valence-corrected chi connectivity index (χ4v) is 8.19. The minimum atomic E-state index is -3.57. The van der Waals surface area contributed by atoms with Crippen molar-refractivity contribution in [3.63, 3.8) is 0 Å². The number of hydrogen-bond acceptors (Lipinski definition) is 3. The van der Waals surface area contributed by atoms with Gasteiger partial charge in [-0.3, -0.25) is 0 Å². The van der Waals surface area contributed by atoms with E-state index in [1.54, 1.807) is 28.6 Å². The second-order valence-corrected chi connectivity index (χ2v) is 13.5. The van der Waals surface area contributed by atoms with Crippen LogP contribution in [-0.4, -0.2) is 50.3 Å². The molecule has 0 amide bonds. The Hall–Kier alpha value is -1.89. The summed E-state index contributed by atoms with van der Waals surface area (Å²) < 4.78 is 28.8. The molecule has 2 heterocycles. The van der Waals surface area contributed by atoms with Crippen LogP contribution in [-0.2, 0) is 15.4 Å². The summed E-state index contributed by atoms with van der Waals surface area (Å²) in [6.45, 7) is 4.23. The zero-order valence-electron chi connectivity index (χ0n) is 21.7. The summed E-state index contributed by atoms with van der Waals surface area (Å²) in [5.74, 6) is 0.644. The Morgan fingerprint density at radius 2 is 1.53 bits per heavy atom. The molecule has 7 heteroatoms. The Balaban J connectivity index is 1.30. The molecule has 0 radical (unpaired) electrons. The van der Waals surface area contributed by atoms with E-state index in [0.717, 1.165) is 50.9 Å². The second kappa shape index (κ2) is 12.1. The largest absolute Gasteiger partial charge is 0.303 e. The molecule has 2 aliphatic rings. The molecule has 3 aromatic carbocycles. The number of nitrogens with zero attached hydrogens (tertiary/aromatic N) is 2. The van der Waals surface area contributed by atoms with Crippen LogP contribution in [0.3, 0.4) is 0 Å². The summed E-state index contributed by atoms with van der Waals surface area (Å²) in [7, 11) is -3.57. The van der Waals surface area contributed by atoms with Crippen LogP contribution in [0.25, 0.3) is 0 Å². The van der Waals surface area contributed by atoms with E-state index in [1.165, 1.54) is 18.4 Å². The Kier molecular flexibility index (Phi) is 8.81. The van der Waals surface area contributed by atoms with Gasteiger partial charge in [0.15, 0.2) is 0 Å². The molecule has 4 nitrogen and oxygen atoms in total. The number of rotatable bonds is 8. The van der Waals surface area contributed by atoms with Gasteiger partial charge in [-0.05, 0) is 99.5 Å². The normalized spacial score (nSPS) is 21.9. The highest BCUT2D eigenvalue weighted by molar-refractivity contribution is 7.89. The molecule has 0 spiro atoms. The molecule has 0 saturated carbocycles. The Labute approximate surface area is 237 Å². The van der Waals surface area contributed by atoms with Crippen molar-refractivity contribution >= 4 is 33.2 Å². The van der Waals surface area contributed by atoms with Crippen molar-refractivity contribution in [2.75, 3.05) is 32.7 Å². The number of sulfonamides is 1. The molecule has 5 rings (SSSR count). The fraction of sp³-hybridized carbons (Fsp3) is 0.419. The van der Waals surface area contributed by atoms with E-state index < -0.39 is 10.0 Å². The van der Waals surface area contributed by atoms with Crippen LogP contribution in [0.1, 0.15) is 55.6 Å². The summed E-state index contributed by atoms with van der Waals surface area (Å²) in [6, 6.07) is 25.5. The van der Waals surface area contributed by atoms with Crippen molar-refractivity contribution in [2.24, 2.45) is 0 Å². The van der Waals surface area contributed by atoms with Gasteiger partial charge in [-0.2, -0.15) is 4.31 Å². The summed E-state index contributed by atoms with van der Waals surface area (Å²) in [4.78, 5) is 2.93. The van der Waals surface area contributed by atoms with Crippen molar-refractivity contribution in [1.82, 2.24) is 9.21 Å². The van der Waals surface area contributed by atoms with Crippen LogP contribution in [0.15, 0.2) is 83.8 Å². The smallest absolute Gasteiger partial charge is 0.243 e. The molecule has 202 valence electrons. The third kappa shape index (κ3) is 6.13. The van der Waals surface area contributed by atoms with Crippen molar-refractivity contribution in [1.29, 1.82) is 0 Å². The number of piperidine rings is 2. The number of benzene rings is 3. The van der Waals surface area contributed by atoms with E-state index >= 15 is 0 Å². The van der Waals surface area contributed by atoms with Crippen LogP contribution >= 0.6 is 23.2 Å². The van der Waals surface area contributed by atoms with Crippen LogP contribution in [0.5, 0.6) is 0 Å². The van der Waals surface area contributed by atoms with E-state index in [1.807, 2.05) is 24.3 Å². The topological polar surface area (TPSA) is 40.6 Å². The van der Waals surface area contributed by atoms with Gasteiger partial charge in [0.1, 0.15) is 0 Å². The molecule has 1 unspecified atom stereocenters. The fourth-order valence-electron chi connectivity index (χ4n) is 6.30. The van der Waals surface area contributed by atoms with E-state index in [-0.39, 0.29) is 5.41 Å². The van der Waals surface area contributed by atoms with Gasteiger partial charge < -0.3 is 4.90 Å². The van der Waals surface area contributed by atoms with Gasteiger partial charge in [-0.15, -0.1) is 0 Å². The predicted molar refractivity (Wildman–Crippen MR) is 157 cm³/mol. The lowest BCUT2D eigenvalue weighted by atomic mass is 9.71. The average Bonchev–Trinajstić information content (AvgIpc) is 2.96. The monoisotopic (exact) mass is 570 g/mol. The molecule has 3 aromatic rings.